The van der Waals surface area contributed by atoms with Gasteiger partial charge in [0.25, 0.3) is 0 Å². The van der Waals surface area contributed by atoms with Crippen LogP contribution in [0.4, 0.5) is 17.1 Å². The first kappa shape index (κ1) is 37.4. The molecular weight excluding hydrogens is 840 g/mol. The monoisotopic (exact) mass is 878 g/mol. The lowest BCUT2D eigenvalue weighted by molar-refractivity contribution is 1.16. The molecule has 14 rings (SSSR count). The van der Waals surface area contributed by atoms with Crippen molar-refractivity contribution in [1.29, 1.82) is 0 Å². The summed E-state index contributed by atoms with van der Waals surface area (Å²) in [6.45, 7) is 0. The summed E-state index contributed by atoms with van der Waals surface area (Å²) in [5, 5.41) is 11.0. The first-order valence-electron chi connectivity index (χ1n) is 22.5. The van der Waals surface area contributed by atoms with Crippen molar-refractivity contribution in [1.82, 2.24) is 13.7 Å². The number of aromatic nitrogens is 3. The first-order chi connectivity index (χ1) is 32.6. The highest BCUT2D eigenvalue weighted by molar-refractivity contribution is 8.25. The van der Waals surface area contributed by atoms with E-state index in [1.165, 1.54) is 70.3 Å². The zero-order valence-corrected chi connectivity index (χ0v) is 37.4. The molecule has 0 fully saturated rings. The van der Waals surface area contributed by atoms with E-state index in [1.807, 2.05) is 0 Å². The molecule has 4 nitrogen and oxygen atoms in total. The zero-order chi connectivity index (χ0) is 43.5. The molecule has 1 aliphatic rings. The fourth-order valence-electron chi connectivity index (χ4n) is 11.0. The lowest BCUT2D eigenvalue weighted by Gasteiger charge is -2.40. The Morgan fingerprint density at radius 2 is 0.652 bits per heavy atom. The largest absolute Gasteiger partial charge is 0.309 e. The van der Waals surface area contributed by atoms with Crippen molar-refractivity contribution >= 4 is 116 Å². The van der Waals surface area contributed by atoms with Crippen LogP contribution in [0.25, 0.3) is 82.5 Å². The average molecular weight is 879 g/mol. The quantitative estimate of drug-likeness (QED) is 0.160. The molecule has 0 spiro atoms. The number of hydrogen-bond donors (Lipinski definition) is 0. The molecule has 13 aromatic rings. The second-order valence-corrected chi connectivity index (χ2v) is 21.6. The maximum atomic E-state index is 7.04. The third kappa shape index (κ3) is 5.24. The average Bonchev–Trinajstić information content (AvgIpc) is 4.02. The minimum Gasteiger partial charge on any atom is -0.309 e. The predicted octanol–water partition coefficient (Wildman–Crippen LogP) is 14.5. The molecule has 0 aliphatic carbocycles. The van der Waals surface area contributed by atoms with Gasteiger partial charge >= 0.3 is 0 Å². The second-order valence-electron chi connectivity index (χ2n) is 17.3. The smallest absolute Gasteiger partial charge is 0.0573 e. The van der Waals surface area contributed by atoms with Gasteiger partial charge < -0.3 is 18.6 Å². The van der Waals surface area contributed by atoms with E-state index in [0.717, 1.165) is 45.2 Å². The predicted molar refractivity (Wildman–Crippen MR) is 284 cm³/mol. The van der Waals surface area contributed by atoms with Crippen LogP contribution in [0.3, 0.4) is 0 Å². The van der Waals surface area contributed by atoms with Crippen LogP contribution in [-0.4, -0.2) is 13.7 Å². The fraction of sp³-hybridized carbons (Fsp3) is 0. The van der Waals surface area contributed by atoms with Gasteiger partial charge in [0.1, 0.15) is 0 Å². The molecule has 0 radical (unpaired) electrons. The van der Waals surface area contributed by atoms with Crippen LogP contribution in [0, 0.1) is 0 Å². The zero-order valence-electron chi connectivity index (χ0n) is 35.7. The highest BCUT2D eigenvalue weighted by Crippen LogP contribution is 2.55. The van der Waals surface area contributed by atoms with Gasteiger partial charge in [-0.1, -0.05) is 151 Å². The van der Waals surface area contributed by atoms with E-state index in [-0.39, 0.29) is 0 Å². The molecule has 1 atom stereocenters. The lowest BCUT2D eigenvalue weighted by Crippen LogP contribution is -2.36. The molecular formula is C60H39N4PS. The van der Waals surface area contributed by atoms with Crippen LogP contribution >= 0.6 is 6.04 Å². The highest BCUT2D eigenvalue weighted by Gasteiger charge is 2.38. The Morgan fingerprint density at radius 1 is 0.273 bits per heavy atom. The molecule has 66 heavy (non-hydrogen) atoms. The summed E-state index contributed by atoms with van der Waals surface area (Å²) in [5.41, 5.74) is 13.7. The summed E-state index contributed by atoms with van der Waals surface area (Å²) in [6.07, 6.45) is 0. The van der Waals surface area contributed by atoms with Crippen molar-refractivity contribution in [2.24, 2.45) is 0 Å². The molecule has 3 aromatic heterocycles. The van der Waals surface area contributed by atoms with Crippen LogP contribution in [0.1, 0.15) is 0 Å². The number of fused-ring (bicyclic) bond motifs is 11. The topological polar surface area (TPSA) is 18.0 Å². The van der Waals surface area contributed by atoms with Crippen molar-refractivity contribution in [2.45, 2.75) is 0 Å². The number of hydrogen-bond acceptors (Lipinski definition) is 2. The number of anilines is 3. The van der Waals surface area contributed by atoms with Crippen LogP contribution in [0.5, 0.6) is 0 Å². The SMILES string of the molecule is S=P1(c2ccccc2)c2ccccc2N(c2ccccc2)c2cc(-n3c4ccc(-n5c6ccccc6c6ccccc65)cc4c4cc(-n5c6ccccc6c6ccccc65)ccc43)ccc21. The Bertz CT molecular complexity index is 3880. The van der Waals surface area contributed by atoms with Gasteiger partial charge in [0, 0.05) is 71.7 Å². The molecule has 0 saturated heterocycles. The summed E-state index contributed by atoms with van der Waals surface area (Å²) in [5.74, 6) is 0. The Balaban J connectivity index is 1.06. The number of rotatable bonds is 5. The van der Waals surface area contributed by atoms with Gasteiger partial charge in [-0.2, -0.15) is 0 Å². The second kappa shape index (κ2) is 14.3. The Hall–Kier alpha value is -7.95. The van der Waals surface area contributed by atoms with E-state index in [2.05, 4.69) is 255 Å². The van der Waals surface area contributed by atoms with Crippen LogP contribution in [0.2, 0.25) is 0 Å². The van der Waals surface area contributed by atoms with Crippen LogP contribution in [0.15, 0.2) is 237 Å². The molecule has 0 saturated carbocycles. The molecule has 1 unspecified atom stereocenters. The minimum atomic E-state index is -2.47. The van der Waals surface area contributed by atoms with E-state index < -0.39 is 6.04 Å². The van der Waals surface area contributed by atoms with E-state index in [1.54, 1.807) is 0 Å². The number of benzene rings is 10. The van der Waals surface area contributed by atoms with E-state index >= 15 is 0 Å². The molecule has 310 valence electrons. The fourth-order valence-corrected chi connectivity index (χ4v) is 15.3. The summed E-state index contributed by atoms with van der Waals surface area (Å²) in [6, 6.07) is 84.0. The molecule has 10 aromatic carbocycles. The van der Waals surface area contributed by atoms with Crippen LogP contribution < -0.4 is 20.8 Å². The highest BCUT2D eigenvalue weighted by atomic mass is 32.4. The van der Waals surface area contributed by atoms with Gasteiger partial charge in [-0.15, -0.1) is 0 Å². The minimum absolute atomic E-state index is 1.08. The van der Waals surface area contributed by atoms with Crippen molar-refractivity contribution in [3.63, 3.8) is 0 Å². The standard InChI is InChI=1S/C60H39N4PS/c66-65(44-19-5-2-6-20-44)59-30-16-15-29-57(59)61(40-17-3-1-4-18-40)58-39-43(33-36-60(58)65)64-55-34-31-41(62-51-25-11-7-21-45(51)46-22-8-12-26-52(46)62)37-49(55)50-38-42(32-35-56(50)64)63-53-27-13-9-23-47(53)48-24-10-14-28-54(48)63/h1-39H. The summed E-state index contributed by atoms with van der Waals surface area (Å²) in [4.78, 5) is 2.43. The molecule has 6 heteroatoms. The Kier molecular flexibility index (Phi) is 8.10. The maximum absolute atomic E-state index is 7.04. The summed E-state index contributed by atoms with van der Waals surface area (Å²) in [7, 11) is 0. The van der Waals surface area contributed by atoms with Crippen molar-refractivity contribution in [3.8, 4) is 17.1 Å². The van der Waals surface area contributed by atoms with E-state index in [0.29, 0.717) is 0 Å². The van der Waals surface area contributed by atoms with Crippen molar-refractivity contribution in [3.05, 3.63) is 237 Å². The third-order valence-electron chi connectivity index (χ3n) is 13.8. The Morgan fingerprint density at radius 3 is 1.17 bits per heavy atom. The first-order valence-corrected chi connectivity index (χ1v) is 25.3. The van der Waals surface area contributed by atoms with Gasteiger partial charge in [0.15, 0.2) is 0 Å². The molecule has 0 N–H and O–H groups in total. The summed E-state index contributed by atoms with van der Waals surface area (Å²) < 4.78 is 7.31. The van der Waals surface area contributed by atoms with Gasteiger partial charge in [-0.3, -0.25) is 0 Å². The molecule has 4 heterocycles. The van der Waals surface area contributed by atoms with Gasteiger partial charge in [0.2, 0.25) is 0 Å². The van der Waals surface area contributed by atoms with Gasteiger partial charge in [-0.05, 0) is 102 Å². The van der Waals surface area contributed by atoms with E-state index in [4.69, 9.17) is 11.8 Å². The normalized spacial score (nSPS) is 14.8. The number of para-hydroxylation sites is 6. The molecule has 1 aliphatic heterocycles. The van der Waals surface area contributed by atoms with Crippen LogP contribution in [-0.2, 0) is 11.8 Å². The third-order valence-corrected chi connectivity index (χ3v) is 18.8. The molecule has 0 amide bonds. The number of nitrogens with zero attached hydrogens (tertiary/aromatic N) is 4. The summed E-state index contributed by atoms with van der Waals surface area (Å²) >= 11 is 7.04. The Labute approximate surface area is 386 Å². The maximum Gasteiger partial charge on any atom is 0.0573 e. The van der Waals surface area contributed by atoms with Crippen molar-refractivity contribution < 1.29 is 0 Å². The van der Waals surface area contributed by atoms with E-state index in [9.17, 15) is 0 Å². The molecule has 0 bridgehead atoms. The van der Waals surface area contributed by atoms with Gasteiger partial charge in [0.05, 0.1) is 44.5 Å². The lowest BCUT2D eigenvalue weighted by atomic mass is 10.1. The van der Waals surface area contributed by atoms with Gasteiger partial charge in [-0.25, -0.2) is 0 Å². The van der Waals surface area contributed by atoms with Crippen molar-refractivity contribution in [2.75, 3.05) is 4.90 Å².